The number of carbonyl (C=O) groups excluding carboxylic acids is 1. The van der Waals surface area contributed by atoms with Crippen LogP contribution in [0.2, 0.25) is 0 Å². The van der Waals surface area contributed by atoms with Crippen LogP contribution >= 0.6 is 15.9 Å². The van der Waals surface area contributed by atoms with Crippen molar-refractivity contribution >= 4 is 38.8 Å². The van der Waals surface area contributed by atoms with Gasteiger partial charge in [0.2, 0.25) is 0 Å². The minimum atomic E-state index is -0.874. The maximum Gasteiger partial charge on any atom is 0.303 e. The summed E-state index contributed by atoms with van der Waals surface area (Å²) in [5.74, 6) is -1.06. The van der Waals surface area contributed by atoms with Crippen molar-refractivity contribution in [3.05, 3.63) is 34.0 Å². The van der Waals surface area contributed by atoms with E-state index in [2.05, 4.69) is 21.2 Å². The summed E-state index contributed by atoms with van der Waals surface area (Å²) in [4.78, 5) is 22.7. The number of amides is 1. The molecule has 2 rings (SSSR count). The number of furan rings is 1. The number of carbonyl (C=O) groups is 2. The lowest BCUT2D eigenvalue weighted by Gasteiger charge is -2.09. The quantitative estimate of drug-likeness (QED) is 0.863. The molecule has 0 bridgehead atoms. The molecule has 2 aromatic rings. The highest BCUT2D eigenvalue weighted by atomic mass is 79.9. The second-order valence-corrected chi connectivity index (χ2v) is 6.03. The molecule has 0 fully saturated rings. The predicted octanol–water partition coefficient (Wildman–Crippen LogP) is 3.34. The Bertz CT molecular complexity index is 692. The third kappa shape index (κ3) is 3.64. The molecule has 5 nitrogen and oxygen atoms in total. The number of benzene rings is 1. The number of nitrogens with one attached hydrogen (secondary N) is 1. The molecule has 0 aliphatic heterocycles. The Hall–Kier alpha value is -1.82. The van der Waals surface area contributed by atoms with Crippen molar-refractivity contribution in [3.8, 4) is 0 Å². The van der Waals surface area contributed by atoms with Crippen molar-refractivity contribution in [1.82, 2.24) is 5.32 Å². The zero-order valence-corrected chi connectivity index (χ0v) is 13.4. The minimum absolute atomic E-state index is 0.0202. The monoisotopic (exact) mass is 353 g/mol. The van der Waals surface area contributed by atoms with E-state index in [0.29, 0.717) is 12.1 Å². The van der Waals surface area contributed by atoms with Crippen LogP contribution in [0.25, 0.3) is 11.0 Å². The van der Waals surface area contributed by atoms with Crippen molar-refractivity contribution in [3.63, 3.8) is 0 Å². The number of aliphatic carboxylic acids is 1. The smallest absolute Gasteiger partial charge is 0.303 e. The van der Waals surface area contributed by atoms with E-state index in [1.807, 2.05) is 19.1 Å². The summed E-state index contributed by atoms with van der Waals surface area (Å²) < 4.78 is 6.50. The van der Waals surface area contributed by atoms with E-state index in [4.69, 9.17) is 9.52 Å². The average Bonchev–Trinajstić information content (AvgIpc) is 2.73. The average molecular weight is 354 g/mol. The number of carboxylic acids is 1. The third-order valence-electron chi connectivity index (χ3n) is 3.24. The molecule has 0 saturated heterocycles. The fraction of sp³-hybridized carbons (Fsp3) is 0.333. The normalized spacial score (nSPS) is 12.3. The van der Waals surface area contributed by atoms with Crippen LogP contribution in [0.4, 0.5) is 0 Å². The Morgan fingerprint density at radius 3 is 2.81 bits per heavy atom. The molecule has 0 saturated carbocycles. The van der Waals surface area contributed by atoms with Gasteiger partial charge in [0.25, 0.3) is 5.91 Å². The van der Waals surface area contributed by atoms with Gasteiger partial charge in [0.15, 0.2) is 5.76 Å². The third-order valence-corrected chi connectivity index (χ3v) is 3.73. The molecule has 2 N–H and O–H groups in total. The second-order valence-electron chi connectivity index (χ2n) is 5.11. The van der Waals surface area contributed by atoms with Gasteiger partial charge in [-0.3, -0.25) is 9.59 Å². The van der Waals surface area contributed by atoms with Gasteiger partial charge in [-0.1, -0.05) is 22.9 Å². The van der Waals surface area contributed by atoms with Gasteiger partial charge >= 0.3 is 5.97 Å². The SMILES string of the molecule is Cc1c(C(=O)NCC(C)CC(=O)O)oc2ccc(Br)cc12. The van der Waals surface area contributed by atoms with Crippen LogP contribution in [0.1, 0.15) is 29.5 Å². The summed E-state index contributed by atoms with van der Waals surface area (Å²) in [7, 11) is 0. The van der Waals surface area contributed by atoms with E-state index in [1.54, 1.807) is 13.0 Å². The molecule has 0 aliphatic carbocycles. The second kappa shape index (κ2) is 6.30. The molecule has 21 heavy (non-hydrogen) atoms. The molecule has 0 aliphatic rings. The standard InChI is InChI=1S/C15H16BrNO4/c1-8(5-13(18)19)7-17-15(20)14-9(2)11-6-10(16)3-4-12(11)21-14/h3-4,6,8H,5,7H2,1-2H3,(H,17,20)(H,18,19). The van der Waals surface area contributed by atoms with Gasteiger partial charge in [0, 0.05) is 28.4 Å². The van der Waals surface area contributed by atoms with Crippen molar-refractivity contribution in [2.75, 3.05) is 6.54 Å². The highest BCUT2D eigenvalue weighted by Crippen LogP contribution is 2.27. The fourth-order valence-electron chi connectivity index (χ4n) is 2.13. The Kier molecular flexibility index (Phi) is 4.67. The zero-order chi connectivity index (χ0) is 15.6. The van der Waals surface area contributed by atoms with Crippen molar-refractivity contribution in [1.29, 1.82) is 0 Å². The molecule has 0 radical (unpaired) electrons. The number of halogens is 1. The van der Waals surface area contributed by atoms with E-state index in [1.165, 1.54) is 0 Å². The first-order valence-electron chi connectivity index (χ1n) is 6.57. The molecular weight excluding hydrogens is 338 g/mol. The van der Waals surface area contributed by atoms with Crippen molar-refractivity contribution < 1.29 is 19.1 Å². The summed E-state index contributed by atoms with van der Waals surface area (Å²) in [5.41, 5.74) is 1.43. The molecule has 112 valence electrons. The molecule has 1 unspecified atom stereocenters. The maximum atomic E-state index is 12.1. The first-order chi connectivity index (χ1) is 9.88. The summed E-state index contributed by atoms with van der Waals surface area (Å²) in [6, 6.07) is 5.55. The van der Waals surface area contributed by atoms with E-state index < -0.39 is 5.97 Å². The van der Waals surface area contributed by atoms with Crippen LogP contribution in [0.5, 0.6) is 0 Å². The largest absolute Gasteiger partial charge is 0.481 e. The molecule has 1 aromatic heterocycles. The molecule has 1 aromatic carbocycles. The van der Waals surface area contributed by atoms with Gasteiger partial charge in [-0.15, -0.1) is 0 Å². The van der Waals surface area contributed by atoms with Gasteiger partial charge in [0.1, 0.15) is 5.58 Å². The Morgan fingerprint density at radius 2 is 2.14 bits per heavy atom. The lowest BCUT2D eigenvalue weighted by Crippen LogP contribution is -2.29. The minimum Gasteiger partial charge on any atom is -0.481 e. The van der Waals surface area contributed by atoms with Crippen LogP contribution in [-0.2, 0) is 4.79 Å². The molecule has 1 atom stereocenters. The Labute approximate surface area is 130 Å². The molecular formula is C15H16BrNO4. The predicted molar refractivity (Wildman–Crippen MR) is 82.4 cm³/mol. The van der Waals surface area contributed by atoms with Gasteiger partial charge < -0.3 is 14.8 Å². The molecule has 0 spiro atoms. The Balaban J connectivity index is 2.13. The summed E-state index contributed by atoms with van der Waals surface area (Å²) >= 11 is 3.39. The number of fused-ring (bicyclic) bond motifs is 1. The van der Waals surface area contributed by atoms with Crippen LogP contribution in [0.3, 0.4) is 0 Å². The topological polar surface area (TPSA) is 79.5 Å². The fourth-order valence-corrected chi connectivity index (χ4v) is 2.49. The number of aryl methyl sites for hydroxylation is 1. The highest BCUT2D eigenvalue weighted by Gasteiger charge is 2.18. The lowest BCUT2D eigenvalue weighted by atomic mass is 10.1. The molecule has 6 heteroatoms. The van der Waals surface area contributed by atoms with Crippen molar-refractivity contribution in [2.24, 2.45) is 5.92 Å². The van der Waals surface area contributed by atoms with E-state index in [9.17, 15) is 9.59 Å². The number of carboxylic acid groups (broad SMARTS) is 1. The molecule has 1 amide bonds. The van der Waals surface area contributed by atoms with E-state index in [0.717, 1.165) is 15.4 Å². The number of rotatable bonds is 5. The first-order valence-corrected chi connectivity index (χ1v) is 7.36. The van der Waals surface area contributed by atoms with Gasteiger partial charge in [-0.25, -0.2) is 0 Å². The summed E-state index contributed by atoms with van der Waals surface area (Å²) in [5, 5.41) is 12.3. The number of hydrogen-bond donors (Lipinski definition) is 2. The van der Waals surface area contributed by atoms with Gasteiger partial charge in [0.05, 0.1) is 0 Å². The van der Waals surface area contributed by atoms with Gasteiger partial charge in [-0.05, 0) is 31.0 Å². The van der Waals surface area contributed by atoms with Crippen LogP contribution < -0.4 is 5.32 Å². The maximum absolute atomic E-state index is 12.1. The van der Waals surface area contributed by atoms with Crippen LogP contribution in [0, 0.1) is 12.8 Å². The summed E-state index contributed by atoms with van der Waals surface area (Å²) in [6.07, 6.45) is 0.0202. The van der Waals surface area contributed by atoms with Crippen molar-refractivity contribution in [2.45, 2.75) is 20.3 Å². The summed E-state index contributed by atoms with van der Waals surface area (Å²) in [6.45, 7) is 3.90. The van der Waals surface area contributed by atoms with E-state index in [-0.39, 0.29) is 24.0 Å². The number of hydrogen-bond acceptors (Lipinski definition) is 3. The highest BCUT2D eigenvalue weighted by molar-refractivity contribution is 9.10. The van der Waals surface area contributed by atoms with Gasteiger partial charge in [-0.2, -0.15) is 0 Å². The first kappa shape index (κ1) is 15.6. The lowest BCUT2D eigenvalue weighted by molar-refractivity contribution is -0.137. The van der Waals surface area contributed by atoms with Crippen LogP contribution in [-0.4, -0.2) is 23.5 Å². The molecule has 1 heterocycles. The van der Waals surface area contributed by atoms with E-state index >= 15 is 0 Å². The van der Waals surface area contributed by atoms with Crippen LogP contribution in [0.15, 0.2) is 27.1 Å². The Morgan fingerprint density at radius 1 is 1.43 bits per heavy atom. The zero-order valence-electron chi connectivity index (χ0n) is 11.8.